The van der Waals surface area contributed by atoms with E-state index in [4.69, 9.17) is 23.2 Å². The van der Waals surface area contributed by atoms with E-state index in [-0.39, 0.29) is 42.5 Å². The van der Waals surface area contributed by atoms with E-state index in [0.29, 0.717) is 17.0 Å². The lowest BCUT2D eigenvalue weighted by atomic mass is 10.1. The molecular weight excluding hydrogens is 554 g/mol. The molecule has 0 aliphatic heterocycles. The summed E-state index contributed by atoms with van der Waals surface area (Å²) in [6, 6.07) is 7.99. The first-order valence-electron chi connectivity index (χ1n) is 11.3. The van der Waals surface area contributed by atoms with Gasteiger partial charge in [0.25, 0.3) is 0 Å². The van der Waals surface area contributed by atoms with Crippen molar-refractivity contribution in [3.05, 3.63) is 63.6 Å². The summed E-state index contributed by atoms with van der Waals surface area (Å²) in [4.78, 5) is 27.1. The summed E-state index contributed by atoms with van der Waals surface area (Å²) in [5, 5.41) is 3.14. The van der Waals surface area contributed by atoms with Gasteiger partial charge in [-0.3, -0.25) is 13.9 Å². The van der Waals surface area contributed by atoms with E-state index in [2.05, 4.69) is 5.32 Å². The maximum absolute atomic E-state index is 13.2. The van der Waals surface area contributed by atoms with Gasteiger partial charge < -0.3 is 10.2 Å². The van der Waals surface area contributed by atoms with Crippen LogP contribution in [0.3, 0.4) is 0 Å². The molecule has 0 saturated heterocycles. The van der Waals surface area contributed by atoms with E-state index in [1.165, 1.54) is 18.0 Å². The Hall–Kier alpha value is -2.50. The van der Waals surface area contributed by atoms with E-state index < -0.39 is 33.7 Å². The second kappa shape index (κ2) is 12.8. The van der Waals surface area contributed by atoms with Crippen molar-refractivity contribution in [2.45, 2.75) is 44.9 Å². The highest BCUT2D eigenvalue weighted by Gasteiger charge is 2.32. The molecule has 0 heterocycles. The summed E-state index contributed by atoms with van der Waals surface area (Å²) >= 11 is 12.1. The van der Waals surface area contributed by atoms with E-state index in [0.717, 1.165) is 28.8 Å². The van der Waals surface area contributed by atoms with E-state index in [1.54, 1.807) is 25.1 Å². The fraction of sp³-hybridized carbons (Fsp3) is 0.417. The van der Waals surface area contributed by atoms with Crippen molar-refractivity contribution in [1.82, 2.24) is 10.2 Å². The molecule has 37 heavy (non-hydrogen) atoms. The zero-order valence-corrected chi connectivity index (χ0v) is 22.8. The second-order valence-corrected chi connectivity index (χ2v) is 11.0. The number of hydrogen-bond acceptors (Lipinski definition) is 4. The first-order chi connectivity index (χ1) is 17.2. The molecule has 0 saturated carbocycles. The molecule has 0 bridgehead atoms. The number of sulfonamides is 1. The summed E-state index contributed by atoms with van der Waals surface area (Å²) in [7, 11) is -2.49. The molecule has 7 nitrogen and oxygen atoms in total. The topological polar surface area (TPSA) is 86.8 Å². The summed E-state index contributed by atoms with van der Waals surface area (Å²) in [6.45, 7) is 1.56. The van der Waals surface area contributed by atoms with Crippen LogP contribution < -0.4 is 9.62 Å². The van der Waals surface area contributed by atoms with Gasteiger partial charge in [0.2, 0.25) is 21.8 Å². The zero-order valence-electron chi connectivity index (χ0n) is 20.5. The number of nitrogens with zero attached hydrogens (tertiary/aromatic N) is 2. The lowest BCUT2D eigenvalue weighted by Crippen LogP contribution is -2.48. The van der Waals surface area contributed by atoms with Gasteiger partial charge in [0, 0.05) is 26.6 Å². The molecule has 2 aromatic carbocycles. The number of amides is 2. The van der Waals surface area contributed by atoms with Gasteiger partial charge >= 0.3 is 6.18 Å². The van der Waals surface area contributed by atoms with Crippen LogP contribution in [-0.4, -0.2) is 51.0 Å². The maximum atomic E-state index is 13.2. The minimum atomic E-state index is -4.64. The molecule has 0 aliphatic carbocycles. The standard InChI is InChI=1S/C24H28Cl2F3N3O4S/c1-4-21(23(34)30-2)31(15-16-10-11-19(25)20(26)13-16)22(33)9-6-12-32(37(3,35)36)18-8-5-7-17(14-18)24(27,28)29/h5,7-8,10-11,13-14,21H,4,6,9,12,15H2,1-3H3,(H,30,34). The molecule has 1 N–H and O–H groups in total. The number of halogens is 5. The van der Waals surface area contributed by atoms with E-state index >= 15 is 0 Å². The van der Waals surface area contributed by atoms with E-state index in [1.807, 2.05) is 0 Å². The van der Waals surface area contributed by atoms with Crippen LogP contribution in [0.15, 0.2) is 42.5 Å². The third-order valence-corrected chi connectivity index (χ3v) is 7.52. The first kappa shape index (κ1) is 30.7. The van der Waals surface area contributed by atoms with Gasteiger partial charge in [-0.2, -0.15) is 13.2 Å². The smallest absolute Gasteiger partial charge is 0.357 e. The Labute approximate surface area is 224 Å². The third-order valence-electron chi connectivity index (χ3n) is 5.58. The van der Waals surface area contributed by atoms with Crippen molar-refractivity contribution in [3.8, 4) is 0 Å². The van der Waals surface area contributed by atoms with Gasteiger partial charge in [-0.15, -0.1) is 0 Å². The van der Waals surface area contributed by atoms with Crippen LogP contribution in [-0.2, 0) is 32.3 Å². The Morgan fingerprint density at radius 1 is 1.08 bits per heavy atom. The fourth-order valence-electron chi connectivity index (χ4n) is 3.76. The average molecular weight is 582 g/mol. The Bertz CT molecular complexity index is 1230. The van der Waals surface area contributed by atoms with Gasteiger partial charge in [-0.05, 0) is 48.7 Å². The molecule has 1 atom stereocenters. The Morgan fingerprint density at radius 2 is 1.76 bits per heavy atom. The highest BCUT2D eigenvalue weighted by atomic mass is 35.5. The number of anilines is 1. The number of hydrogen-bond donors (Lipinski definition) is 1. The normalized spacial score (nSPS) is 12.6. The van der Waals surface area contributed by atoms with Gasteiger partial charge in [0.15, 0.2) is 0 Å². The minimum Gasteiger partial charge on any atom is -0.357 e. The van der Waals surface area contributed by atoms with Crippen LogP contribution in [0.4, 0.5) is 18.9 Å². The predicted octanol–water partition coefficient (Wildman–Crippen LogP) is 5.11. The molecule has 0 fully saturated rings. The van der Waals surface area contributed by atoms with Gasteiger partial charge in [-0.1, -0.05) is 42.3 Å². The van der Waals surface area contributed by atoms with Crippen LogP contribution in [0.1, 0.15) is 37.3 Å². The van der Waals surface area contributed by atoms with Crippen molar-refractivity contribution in [1.29, 1.82) is 0 Å². The summed E-state index contributed by atoms with van der Waals surface area (Å²) < 4.78 is 65.0. The molecule has 2 amide bonds. The second-order valence-electron chi connectivity index (χ2n) is 8.30. The first-order valence-corrected chi connectivity index (χ1v) is 13.9. The predicted molar refractivity (Wildman–Crippen MR) is 138 cm³/mol. The number of carbonyl (C=O) groups excluding carboxylic acids is 2. The number of nitrogens with one attached hydrogen (secondary N) is 1. The number of likely N-dealkylation sites (N-methyl/N-ethyl adjacent to an activating group) is 1. The Balaban J connectivity index is 2.25. The largest absolute Gasteiger partial charge is 0.416 e. The summed E-state index contributed by atoms with van der Waals surface area (Å²) in [5.74, 6) is -0.809. The zero-order chi connectivity index (χ0) is 28.0. The van der Waals surface area contributed by atoms with E-state index in [9.17, 15) is 31.2 Å². The molecule has 204 valence electrons. The van der Waals surface area contributed by atoms with Gasteiger partial charge in [0.1, 0.15) is 6.04 Å². The van der Waals surface area contributed by atoms with Crippen LogP contribution in [0.5, 0.6) is 0 Å². The van der Waals surface area contributed by atoms with Crippen molar-refractivity contribution in [3.63, 3.8) is 0 Å². The van der Waals surface area contributed by atoms with Crippen molar-refractivity contribution < 1.29 is 31.2 Å². The number of benzene rings is 2. The van der Waals surface area contributed by atoms with Crippen LogP contribution in [0.2, 0.25) is 10.0 Å². The molecule has 2 rings (SSSR count). The average Bonchev–Trinajstić information content (AvgIpc) is 2.82. The van der Waals surface area contributed by atoms with Gasteiger partial charge in [-0.25, -0.2) is 8.42 Å². The maximum Gasteiger partial charge on any atom is 0.416 e. The number of rotatable bonds is 11. The quantitative estimate of drug-likeness (QED) is 0.399. The molecule has 13 heteroatoms. The summed E-state index contributed by atoms with van der Waals surface area (Å²) in [6.07, 6.45) is -3.60. The van der Waals surface area contributed by atoms with Crippen LogP contribution >= 0.6 is 23.2 Å². The molecular formula is C24H28Cl2F3N3O4S. The fourth-order valence-corrected chi connectivity index (χ4v) is 5.04. The van der Waals surface area contributed by atoms with Crippen LogP contribution in [0.25, 0.3) is 0 Å². The van der Waals surface area contributed by atoms with Gasteiger partial charge in [0.05, 0.1) is 27.6 Å². The summed E-state index contributed by atoms with van der Waals surface area (Å²) in [5.41, 5.74) is -0.514. The van der Waals surface area contributed by atoms with Crippen molar-refractivity contribution in [2.24, 2.45) is 0 Å². The highest BCUT2D eigenvalue weighted by molar-refractivity contribution is 7.92. The molecule has 0 radical (unpaired) electrons. The van der Waals surface area contributed by atoms with Crippen LogP contribution in [0, 0.1) is 0 Å². The Kier molecular flexibility index (Phi) is 10.7. The molecule has 0 aliphatic rings. The molecule has 1 unspecified atom stereocenters. The Morgan fingerprint density at radius 3 is 2.30 bits per heavy atom. The SMILES string of the molecule is CCC(C(=O)NC)N(Cc1ccc(Cl)c(Cl)c1)C(=O)CCCN(c1cccc(C(F)(F)F)c1)S(C)(=O)=O. The molecule has 0 spiro atoms. The van der Waals surface area contributed by atoms with Crippen molar-refractivity contribution in [2.75, 3.05) is 24.2 Å². The highest BCUT2D eigenvalue weighted by Crippen LogP contribution is 2.32. The number of carbonyl (C=O) groups is 2. The van der Waals surface area contributed by atoms with Crippen molar-refractivity contribution >= 4 is 50.7 Å². The lowest BCUT2D eigenvalue weighted by Gasteiger charge is -2.31. The molecule has 0 aromatic heterocycles. The minimum absolute atomic E-state index is 0.00417. The lowest BCUT2D eigenvalue weighted by molar-refractivity contribution is -0.141. The third kappa shape index (κ3) is 8.51. The number of alkyl halides is 3. The molecule has 2 aromatic rings. The monoisotopic (exact) mass is 581 g/mol.